The summed E-state index contributed by atoms with van der Waals surface area (Å²) in [5.41, 5.74) is 0. The van der Waals surface area contributed by atoms with Crippen molar-refractivity contribution in [3.63, 3.8) is 0 Å². The topological polar surface area (TPSA) is 214 Å². The summed E-state index contributed by atoms with van der Waals surface area (Å²) >= 11 is 0. The van der Waals surface area contributed by atoms with Crippen LogP contribution in [0, 0.1) is 0 Å². The van der Waals surface area contributed by atoms with Gasteiger partial charge in [-0.05, 0) is 13.0 Å². The number of carbonyl (C=O) groups excluding carboxylic acids is 6. The summed E-state index contributed by atoms with van der Waals surface area (Å²) in [5, 5.41) is 15.9. The van der Waals surface area contributed by atoms with Crippen LogP contribution in [-0.2, 0) is 57.3 Å². The molecule has 0 unspecified atom stereocenters. The van der Waals surface area contributed by atoms with Gasteiger partial charge in [-0.25, -0.2) is 33.6 Å². The zero-order chi connectivity index (χ0) is 27.1. The SMILES string of the molecule is C.C.C.C.CC(=O)/C=C\C(=O)O.COC(=O)/C=C\C(=O)O.COC(=O)/C=C\C(=O)OC.O=C1C=CC(=O)O1. The first kappa shape index (κ1) is 50.1. The second-order valence-corrected chi connectivity index (χ2v) is 4.93. The number of cyclic esters (lactones) is 2. The number of carbonyl (C=O) groups is 8. The van der Waals surface area contributed by atoms with Crippen molar-refractivity contribution in [2.45, 2.75) is 36.6 Å². The number of aliphatic carboxylic acids is 2. The summed E-state index contributed by atoms with van der Waals surface area (Å²) < 4.78 is 16.5. The molecule has 0 fully saturated rings. The summed E-state index contributed by atoms with van der Waals surface area (Å²) in [7, 11) is 3.63. The average molecular weight is 551 g/mol. The first-order valence-corrected chi connectivity index (χ1v) is 8.47. The Morgan fingerprint density at radius 1 is 0.605 bits per heavy atom. The van der Waals surface area contributed by atoms with Crippen molar-refractivity contribution in [3.8, 4) is 0 Å². The molecule has 0 saturated heterocycles. The Hall–Kier alpha value is -4.88. The van der Waals surface area contributed by atoms with Crippen LogP contribution in [0.4, 0.5) is 0 Å². The van der Waals surface area contributed by atoms with Gasteiger partial charge in [-0.15, -0.1) is 0 Å². The van der Waals surface area contributed by atoms with E-state index in [0.717, 1.165) is 42.5 Å². The highest BCUT2D eigenvalue weighted by atomic mass is 16.6. The number of hydrogen-bond acceptors (Lipinski definition) is 12. The van der Waals surface area contributed by atoms with Crippen molar-refractivity contribution in [3.05, 3.63) is 48.6 Å². The van der Waals surface area contributed by atoms with Crippen molar-refractivity contribution in [1.29, 1.82) is 0 Å². The van der Waals surface area contributed by atoms with Crippen LogP contribution in [0.3, 0.4) is 0 Å². The van der Waals surface area contributed by atoms with Crippen LogP contribution in [0.5, 0.6) is 0 Å². The Kier molecular flexibility index (Phi) is 42.3. The Morgan fingerprint density at radius 3 is 1.03 bits per heavy atom. The second kappa shape index (κ2) is 32.1. The van der Waals surface area contributed by atoms with E-state index in [1.165, 1.54) is 28.3 Å². The molecule has 0 radical (unpaired) electrons. The normalized spacial score (nSPS) is 10.0. The Labute approximate surface area is 222 Å². The van der Waals surface area contributed by atoms with Crippen LogP contribution in [0.15, 0.2) is 48.6 Å². The molecule has 0 aliphatic carbocycles. The van der Waals surface area contributed by atoms with Crippen molar-refractivity contribution in [2.24, 2.45) is 0 Å². The summed E-state index contributed by atoms with van der Waals surface area (Å²) in [5.74, 6) is -5.50. The third-order valence-electron chi connectivity index (χ3n) is 2.34. The van der Waals surface area contributed by atoms with Crippen LogP contribution in [0.2, 0.25) is 0 Å². The predicted molar refractivity (Wildman–Crippen MR) is 137 cm³/mol. The molecule has 0 atom stereocenters. The van der Waals surface area contributed by atoms with E-state index >= 15 is 0 Å². The van der Waals surface area contributed by atoms with Crippen molar-refractivity contribution < 1.29 is 67.5 Å². The standard InChI is InChI=1S/C6H8O4.C5H6O4.C5H6O3.C4H2O3.4CH4/c1-9-5(7)3-4-6(8)10-2;1-9-5(8)3-2-4(6)7;1-4(6)2-3-5(7)8;5-3-1-2-4(6)7-3;;;;/h3-4H,1-2H3;2-3H,1H3,(H,6,7);2-3H,1H3,(H,7,8);1-2H;4*1H4/b4-3-;2*3-2-;;;;;. The number of rotatable bonds is 6. The second-order valence-electron chi connectivity index (χ2n) is 4.93. The number of carboxylic acids is 2. The van der Waals surface area contributed by atoms with Gasteiger partial charge in [0.25, 0.3) is 0 Å². The molecular weight excluding hydrogens is 512 g/mol. The van der Waals surface area contributed by atoms with Crippen LogP contribution < -0.4 is 0 Å². The molecule has 14 nitrogen and oxygen atoms in total. The molecule has 1 rings (SSSR count). The van der Waals surface area contributed by atoms with Gasteiger partial charge in [0.2, 0.25) is 0 Å². The molecule has 14 heteroatoms. The molecule has 1 aliphatic heterocycles. The molecule has 0 saturated carbocycles. The highest BCUT2D eigenvalue weighted by molar-refractivity contribution is 6.05. The van der Waals surface area contributed by atoms with Gasteiger partial charge in [-0.1, -0.05) is 29.7 Å². The molecule has 0 aromatic heterocycles. The molecule has 1 aliphatic rings. The van der Waals surface area contributed by atoms with E-state index in [4.69, 9.17) is 10.2 Å². The lowest BCUT2D eigenvalue weighted by molar-refractivity contribution is -0.150. The van der Waals surface area contributed by atoms with Crippen LogP contribution in [0.25, 0.3) is 0 Å². The highest BCUT2D eigenvalue weighted by Crippen LogP contribution is 1.92. The van der Waals surface area contributed by atoms with E-state index in [2.05, 4.69) is 18.9 Å². The molecule has 218 valence electrons. The number of allylic oxidation sites excluding steroid dienone is 1. The predicted octanol–water partition coefficient (Wildman–Crippen LogP) is 2.08. The fourth-order valence-electron chi connectivity index (χ4n) is 0.971. The van der Waals surface area contributed by atoms with E-state index in [-0.39, 0.29) is 35.5 Å². The quantitative estimate of drug-likeness (QED) is 0.210. The zero-order valence-electron chi connectivity index (χ0n) is 18.4. The molecule has 0 bridgehead atoms. The molecule has 0 amide bonds. The number of ketones is 1. The lowest BCUT2D eigenvalue weighted by atomic mass is 10.4. The van der Waals surface area contributed by atoms with Crippen molar-refractivity contribution >= 4 is 47.6 Å². The van der Waals surface area contributed by atoms with E-state index in [9.17, 15) is 38.4 Å². The Morgan fingerprint density at radius 2 is 0.868 bits per heavy atom. The number of methoxy groups -OCH3 is 3. The maximum Gasteiger partial charge on any atom is 0.338 e. The number of hydrogen-bond donors (Lipinski definition) is 2. The summed E-state index contributed by atoms with van der Waals surface area (Å²) in [6.45, 7) is 1.29. The van der Waals surface area contributed by atoms with Crippen molar-refractivity contribution in [1.82, 2.24) is 0 Å². The van der Waals surface area contributed by atoms with Gasteiger partial charge in [0, 0.05) is 42.5 Å². The molecular formula is C24H38O14. The van der Waals surface area contributed by atoms with Gasteiger partial charge in [0.05, 0.1) is 21.3 Å². The molecule has 1 heterocycles. The zero-order valence-corrected chi connectivity index (χ0v) is 18.4. The summed E-state index contributed by atoms with van der Waals surface area (Å²) in [4.78, 5) is 80.0. The van der Waals surface area contributed by atoms with Crippen LogP contribution >= 0.6 is 0 Å². The summed E-state index contributed by atoms with van der Waals surface area (Å²) in [6.07, 6.45) is 7.52. The van der Waals surface area contributed by atoms with E-state index in [1.807, 2.05) is 0 Å². The average Bonchev–Trinajstić information content (AvgIpc) is 3.17. The first-order valence-electron chi connectivity index (χ1n) is 8.47. The minimum absolute atomic E-state index is 0. The Balaban J connectivity index is -0.0000000655. The van der Waals surface area contributed by atoms with E-state index in [0.29, 0.717) is 6.08 Å². The monoisotopic (exact) mass is 550 g/mol. The molecule has 0 spiro atoms. The van der Waals surface area contributed by atoms with Gasteiger partial charge in [-0.3, -0.25) is 4.79 Å². The van der Waals surface area contributed by atoms with Gasteiger partial charge < -0.3 is 29.2 Å². The van der Waals surface area contributed by atoms with Gasteiger partial charge >= 0.3 is 41.8 Å². The minimum atomic E-state index is -1.17. The van der Waals surface area contributed by atoms with Crippen LogP contribution in [0.1, 0.15) is 36.6 Å². The summed E-state index contributed by atoms with van der Waals surface area (Å²) in [6, 6.07) is 0. The Bertz CT molecular complexity index is 827. The molecule has 0 aromatic rings. The largest absolute Gasteiger partial charge is 0.478 e. The van der Waals surface area contributed by atoms with Crippen LogP contribution in [-0.4, -0.2) is 79.1 Å². The fraction of sp³-hybridized carbons (Fsp3) is 0.333. The van der Waals surface area contributed by atoms with E-state index < -0.39 is 41.8 Å². The lowest BCUT2D eigenvalue weighted by Crippen LogP contribution is -1.98. The minimum Gasteiger partial charge on any atom is -0.478 e. The number of ether oxygens (including phenoxy) is 4. The highest BCUT2D eigenvalue weighted by Gasteiger charge is 2.10. The van der Waals surface area contributed by atoms with E-state index in [1.54, 1.807) is 0 Å². The van der Waals surface area contributed by atoms with Gasteiger partial charge in [-0.2, -0.15) is 0 Å². The first-order chi connectivity index (χ1) is 15.8. The van der Waals surface area contributed by atoms with Gasteiger partial charge in [0.1, 0.15) is 0 Å². The fourth-order valence-corrected chi connectivity index (χ4v) is 0.971. The maximum absolute atomic E-state index is 10.3. The number of esters is 5. The van der Waals surface area contributed by atoms with Gasteiger partial charge in [0.15, 0.2) is 5.78 Å². The number of carboxylic acid groups (broad SMARTS) is 2. The molecule has 2 N–H and O–H groups in total. The smallest absolute Gasteiger partial charge is 0.338 e. The lowest BCUT2D eigenvalue weighted by Gasteiger charge is -1.89. The molecule has 0 aromatic carbocycles. The maximum atomic E-state index is 10.3. The molecule has 38 heavy (non-hydrogen) atoms. The van der Waals surface area contributed by atoms with Crippen molar-refractivity contribution in [2.75, 3.05) is 21.3 Å². The third kappa shape index (κ3) is 44.7. The third-order valence-corrected chi connectivity index (χ3v) is 2.34.